The smallest absolute Gasteiger partial charge is 0.255 e. The number of hydrogen-bond donors (Lipinski definition) is 1. The van der Waals surface area contributed by atoms with E-state index in [-0.39, 0.29) is 11.6 Å². The van der Waals surface area contributed by atoms with Gasteiger partial charge in [0.1, 0.15) is 17.3 Å². The van der Waals surface area contributed by atoms with Crippen molar-refractivity contribution in [1.82, 2.24) is 20.1 Å². The van der Waals surface area contributed by atoms with Crippen LogP contribution in [-0.4, -0.2) is 47.0 Å². The van der Waals surface area contributed by atoms with Gasteiger partial charge in [-0.3, -0.25) is 4.79 Å². The number of nitrogens with one attached hydrogen (secondary N) is 1. The van der Waals surface area contributed by atoms with Crippen molar-refractivity contribution in [2.75, 3.05) is 31.2 Å². The lowest BCUT2D eigenvalue weighted by atomic mass is 10.2. The van der Waals surface area contributed by atoms with Gasteiger partial charge in [0.2, 0.25) is 0 Å². The molecule has 9 heteroatoms. The van der Waals surface area contributed by atoms with E-state index in [9.17, 15) is 13.6 Å². The van der Waals surface area contributed by atoms with Gasteiger partial charge in [0.25, 0.3) is 5.91 Å². The third kappa shape index (κ3) is 4.16. The van der Waals surface area contributed by atoms with Crippen LogP contribution in [0.1, 0.15) is 21.6 Å². The number of hydrogen-bond acceptors (Lipinski definition) is 5. The molecule has 3 aromatic rings. The van der Waals surface area contributed by atoms with Crippen molar-refractivity contribution in [3.63, 3.8) is 0 Å². The Morgan fingerprint density at radius 3 is 2.77 bits per heavy atom. The highest BCUT2D eigenvalue weighted by molar-refractivity contribution is 5.95. The number of carbonyl (C=O) groups excluding carboxylic acids is 1. The summed E-state index contributed by atoms with van der Waals surface area (Å²) in [4.78, 5) is 19.2. The van der Waals surface area contributed by atoms with Crippen LogP contribution in [0.3, 0.4) is 0 Å². The van der Waals surface area contributed by atoms with Gasteiger partial charge in [-0.2, -0.15) is 5.10 Å². The third-order valence-electron chi connectivity index (χ3n) is 4.99. The van der Waals surface area contributed by atoms with E-state index in [2.05, 4.69) is 20.3 Å². The van der Waals surface area contributed by atoms with Gasteiger partial charge < -0.3 is 15.0 Å². The van der Waals surface area contributed by atoms with Crippen LogP contribution < -0.4 is 10.2 Å². The zero-order valence-corrected chi connectivity index (χ0v) is 16.4. The number of benzene rings is 1. The summed E-state index contributed by atoms with van der Waals surface area (Å²) in [5.74, 6) is -0.903. The normalized spacial score (nSPS) is 14.0. The molecule has 1 saturated heterocycles. The number of rotatable bonds is 5. The molecule has 1 N–H and O–H groups in total. The monoisotopic (exact) mass is 413 g/mol. The second-order valence-corrected chi connectivity index (χ2v) is 6.96. The van der Waals surface area contributed by atoms with E-state index in [1.807, 2.05) is 12.1 Å². The highest BCUT2D eigenvalue weighted by atomic mass is 19.1. The van der Waals surface area contributed by atoms with E-state index >= 15 is 0 Å². The van der Waals surface area contributed by atoms with E-state index in [1.165, 1.54) is 16.9 Å². The average Bonchev–Trinajstić information content (AvgIpc) is 3.14. The van der Waals surface area contributed by atoms with Gasteiger partial charge in [0.05, 0.1) is 30.7 Å². The maximum atomic E-state index is 14.1. The van der Waals surface area contributed by atoms with Gasteiger partial charge in [0.15, 0.2) is 5.82 Å². The minimum Gasteiger partial charge on any atom is -0.378 e. The maximum absolute atomic E-state index is 14.1. The number of nitrogens with zero attached hydrogens (tertiary/aromatic N) is 4. The number of carbonyl (C=O) groups is 1. The Morgan fingerprint density at radius 2 is 2.00 bits per heavy atom. The molecular formula is C21H21F2N5O2. The van der Waals surface area contributed by atoms with Gasteiger partial charge in [-0.05, 0) is 36.8 Å². The van der Waals surface area contributed by atoms with E-state index in [0.717, 1.165) is 36.6 Å². The standard InChI is InChI=1S/C21H21F2N5O2/c1-14-17(13-26-28(14)19-3-2-16(22)11-18(19)23)21(29)25-12-15-4-5-24-20(10-15)27-6-8-30-9-7-27/h2-5,10-11,13H,6-9,12H2,1H3,(H,25,29). The molecule has 0 atom stereocenters. The van der Waals surface area contributed by atoms with Gasteiger partial charge in [-0.15, -0.1) is 0 Å². The largest absolute Gasteiger partial charge is 0.378 e. The summed E-state index contributed by atoms with van der Waals surface area (Å²) in [5, 5.41) is 6.95. The number of pyridine rings is 1. The van der Waals surface area contributed by atoms with E-state index in [1.54, 1.807) is 13.1 Å². The molecule has 1 aromatic carbocycles. The molecule has 1 fully saturated rings. The van der Waals surface area contributed by atoms with Crippen molar-refractivity contribution in [2.24, 2.45) is 0 Å². The molecule has 1 aliphatic rings. The number of anilines is 1. The lowest BCUT2D eigenvalue weighted by Crippen LogP contribution is -2.36. The average molecular weight is 413 g/mol. The summed E-state index contributed by atoms with van der Waals surface area (Å²) in [5.41, 5.74) is 1.77. The first-order chi connectivity index (χ1) is 14.5. The Labute approximate surface area is 172 Å². The molecule has 0 aliphatic carbocycles. The van der Waals surface area contributed by atoms with Gasteiger partial charge in [-0.25, -0.2) is 18.4 Å². The maximum Gasteiger partial charge on any atom is 0.255 e. The second kappa shape index (κ2) is 8.58. The molecule has 30 heavy (non-hydrogen) atoms. The fourth-order valence-corrected chi connectivity index (χ4v) is 3.34. The number of aromatic nitrogens is 3. The van der Waals surface area contributed by atoms with Gasteiger partial charge >= 0.3 is 0 Å². The van der Waals surface area contributed by atoms with Crippen LogP contribution in [0.5, 0.6) is 0 Å². The van der Waals surface area contributed by atoms with Crippen LogP contribution in [0.4, 0.5) is 14.6 Å². The van der Waals surface area contributed by atoms with Crippen LogP contribution in [0, 0.1) is 18.6 Å². The molecule has 2 aromatic heterocycles. The van der Waals surface area contributed by atoms with Crippen LogP contribution in [0.2, 0.25) is 0 Å². The van der Waals surface area contributed by atoms with Gasteiger partial charge in [-0.1, -0.05) is 0 Å². The summed E-state index contributed by atoms with van der Waals surface area (Å²) < 4.78 is 33.9. The molecule has 0 spiro atoms. The molecule has 1 amide bonds. The first-order valence-corrected chi connectivity index (χ1v) is 9.59. The summed E-state index contributed by atoms with van der Waals surface area (Å²) in [6.07, 6.45) is 3.09. The van der Waals surface area contributed by atoms with Crippen molar-refractivity contribution >= 4 is 11.7 Å². The quantitative estimate of drug-likeness (QED) is 0.696. The Balaban J connectivity index is 1.45. The van der Waals surface area contributed by atoms with Gasteiger partial charge in [0, 0.05) is 31.9 Å². The Morgan fingerprint density at radius 1 is 1.20 bits per heavy atom. The topological polar surface area (TPSA) is 72.3 Å². The summed E-state index contributed by atoms with van der Waals surface area (Å²) in [7, 11) is 0. The summed E-state index contributed by atoms with van der Waals surface area (Å²) in [6.45, 7) is 4.87. The van der Waals surface area contributed by atoms with Crippen LogP contribution >= 0.6 is 0 Å². The SMILES string of the molecule is Cc1c(C(=O)NCc2ccnc(N3CCOCC3)c2)cnn1-c1ccc(F)cc1F. The molecule has 4 rings (SSSR count). The molecule has 0 saturated carbocycles. The van der Waals surface area contributed by atoms with Crippen LogP contribution in [0.25, 0.3) is 5.69 Å². The molecule has 7 nitrogen and oxygen atoms in total. The molecular weight excluding hydrogens is 392 g/mol. The highest BCUT2D eigenvalue weighted by Gasteiger charge is 2.18. The van der Waals surface area contributed by atoms with E-state index in [0.29, 0.717) is 31.0 Å². The highest BCUT2D eigenvalue weighted by Crippen LogP contribution is 2.19. The summed E-state index contributed by atoms with van der Waals surface area (Å²) in [6, 6.07) is 7.00. The van der Waals surface area contributed by atoms with Crippen molar-refractivity contribution in [3.05, 3.63) is 71.2 Å². The molecule has 0 bridgehead atoms. The van der Waals surface area contributed by atoms with Crippen molar-refractivity contribution in [3.8, 4) is 5.69 Å². The minimum absolute atomic E-state index is 0.0808. The van der Waals surface area contributed by atoms with E-state index < -0.39 is 11.6 Å². The van der Waals surface area contributed by atoms with Crippen molar-refractivity contribution in [2.45, 2.75) is 13.5 Å². The third-order valence-corrected chi connectivity index (χ3v) is 4.99. The Bertz CT molecular complexity index is 1060. The zero-order valence-electron chi connectivity index (χ0n) is 16.4. The zero-order chi connectivity index (χ0) is 21.1. The molecule has 0 radical (unpaired) electrons. The van der Waals surface area contributed by atoms with Crippen molar-refractivity contribution in [1.29, 1.82) is 0 Å². The first-order valence-electron chi connectivity index (χ1n) is 9.59. The fraction of sp³-hybridized carbons (Fsp3) is 0.286. The molecule has 1 aliphatic heterocycles. The Hall–Kier alpha value is -3.33. The number of amides is 1. The van der Waals surface area contributed by atoms with Crippen LogP contribution in [-0.2, 0) is 11.3 Å². The van der Waals surface area contributed by atoms with Crippen molar-refractivity contribution < 1.29 is 18.3 Å². The number of halogens is 2. The molecule has 3 heterocycles. The first kappa shape index (κ1) is 20.0. The molecule has 156 valence electrons. The minimum atomic E-state index is -0.749. The fourth-order valence-electron chi connectivity index (χ4n) is 3.34. The molecule has 0 unspecified atom stereocenters. The predicted molar refractivity (Wildman–Crippen MR) is 107 cm³/mol. The van der Waals surface area contributed by atoms with Crippen LogP contribution in [0.15, 0.2) is 42.7 Å². The number of morpholine rings is 1. The number of ether oxygens (including phenoxy) is 1. The van der Waals surface area contributed by atoms with E-state index in [4.69, 9.17) is 4.74 Å². The second-order valence-electron chi connectivity index (χ2n) is 6.96. The lowest BCUT2D eigenvalue weighted by Gasteiger charge is -2.28. The Kier molecular flexibility index (Phi) is 5.71. The predicted octanol–water partition coefficient (Wildman–Crippen LogP) is 2.62. The lowest BCUT2D eigenvalue weighted by molar-refractivity contribution is 0.0950. The summed E-state index contributed by atoms with van der Waals surface area (Å²) >= 11 is 0.